The third kappa shape index (κ3) is 5.81. The van der Waals surface area contributed by atoms with Gasteiger partial charge in [0.1, 0.15) is 4.90 Å². The molecule has 0 amide bonds. The lowest BCUT2D eigenvalue weighted by molar-refractivity contribution is 0.158. The van der Waals surface area contributed by atoms with E-state index in [4.69, 9.17) is 36.4 Å². The molecule has 6 nitrogen and oxygen atoms in total. The van der Waals surface area contributed by atoms with Crippen molar-refractivity contribution in [3.8, 4) is 0 Å². The summed E-state index contributed by atoms with van der Waals surface area (Å²) in [6.07, 6.45) is -1.16. The first-order chi connectivity index (χ1) is 10.1. The molecule has 0 aliphatic rings. The maximum Gasteiger partial charge on any atom is 0.357 e. The first-order valence-corrected chi connectivity index (χ1v) is 10.3. The van der Waals surface area contributed by atoms with Gasteiger partial charge in [-0.25, -0.2) is 0 Å². The summed E-state index contributed by atoms with van der Waals surface area (Å²) in [7, 11) is -7.95. The molecule has 22 heavy (non-hydrogen) atoms. The van der Waals surface area contributed by atoms with Gasteiger partial charge in [-0.3, -0.25) is 8.75 Å². The van der Waals surface area contributed by atoms with E-state index in [0.29, 0.717) is 0 Å². The highest BCUT2D eigenvalue weighted by atomic mass is 35.5. The lowest BCUT2D eigenvalue weighted by Gasteiger charge is -2.19. The molecule has 1 rings (SSSR count). The Kier molecular flexibility index (Phi) is 7.33. The van der Waals surface area contributed by atoms with Gasteiger partial charge >= 0.3 is 7.60 Å². The van der Waals surface area contributed by atoms with Crippen LogP contribution in [0.2, 0.25) is 10.0 Å². The third-order valence-corrected chi connectivity index (χ3v) is 6.22. The molecule has 1 unspecified atom stereocenters. The van der Waals surface area contributed by atoms with Crippen molar-refractivity contribution in [3.63, 3.8) is 0 Å². The normalized spacial score (nSPS) is 15.0. The molecule has 126 valence electrons. The van der Waals surface area contributed by atoms with Crippen LogP contribution in [0, 0.1) is 0 Å². The predicted molar refractivity (Wildman–Crippen MR) is 85.1 cm³/mol. The Morgan fingerprint density at radius 3 is 2.45 bits per heavy atom. The van der Waals surface area contributed by atoms with Gasteiger partial charge in [0.2, 0.25) is 0 Å². The average Bonchev–Trinajstić information content (AvgIpc) is 2.39. The number of hydrogen-bond donors (Lipinski definition) is 0. The van der Waals surface area contributed by atoms with E-state index in [1.165, 1.54) is 12.1 Å². The van der Waals surface area contributed by atoms with Crippen LogP contribution in [0.4, 0.5) is 0 Å². The van der Waals surface area contributed by atoms with Gasteiger partial charge in [-0.15, -0.1) is 0 Å². The Labute approximate surface area is 140 Å². The molecule has 0 saturated carbocycles. The standard InChI is InChI=1S/C12H17Cl2O6PS/c1-4-18-21(15,20-9(2)3)8-19-22(16,17)12-7-10(13)5-6-11(12)14/h5-7,9H,4,8H2,1-3H3. The van der Waals surface area contributed by atoms with Crippen LogP contribution in [0.25, 0.3) is 0 Å². The topological polar surface area (TPSA) is 78.9 Å². The first-order valence-electron chi connectivity index (χ1n) is 6.36. The Morgan fingerprint density at radius 2 is 1.91 bits per heavy atom. The van der Waals surface area contributed by atoms with E-state index in [1.807, 2.05) is 0 Å². The highest BCUT2D eigenvalue weighted by Gasteiger charge is 2.30. The number of benzene rings is 1. The molecule has 10 heteroatoms. The molecule has 0 aromatic heterocycles. The van der Waals surface area contributed by atoms with Crippen molar-refractivity contribution in [1.29, 1.82) is 0 Å². The van der Waals surface area contributed by atoms with E-state index < -0.39 is 30.2 Å². The zero-order valence-corrected chi connectivity index (χ0v) is 15.5. The summed E-state index contributed by atoms with van der Waals surface area (Å²) < 4.78 is 51.6. The van der Waals surface area contributed by atoms with Crippen molar-refractivity contribution >= 4 is 40.9 Å². The summed E-state index contributed by atoms with van der Waals surface area (Å²) in [5.74, 6) is 0. The first kappa shape index (κ1) is 19.9. The summed E-state index contributed by atoms with van der Waals surface area (Å²) in [4.78, 5) is -0.311. The van der Waals surface area contributed by atoms with Gasteiger partial charge in [0, 0.05) is 5.02 Å². The minimum absolute atomic E-state index is 0.0552. The molecule has 0 bridgehead atoms. The second-order valence-corrected chi connectivity index (χ2v) is 8.84. The monoisotopic (exact) mass is 390 g/mol. The predicted octanol–water partition coefficient (Wildman–Crippen LogP) is 4.31. The highest BCUT2D eigenvalue weighted by molar-refractivity contribution is 7.87. The number of hydrogen-bond acceptors (Lipinski definition) is 6. The largest absolute Gasteiger partial charge is 0.357 e. The van der Waals surface area contributed by atoms with E-state index in [2.05, 4.69) is 0 Å². The van der Waals surface area contributed by atoms with Crippen molar-refractivity contribution in [2.45, 2.75) is 31.8 Å². The lowest BCUT2D eigenvalue weighted by Crippen LogP contribution is -2.13. The molecule has 0 saturated heterocycles. The Balaban J connectivity index is 2.96. The van der Waals surface area contributed by atoms with Crippen LogP contribution in [0.3, 0.4) is 0 Å². The van der Waals surface area contributed by atoms with Crippen molar-refractivity contribution in [2.24, 2.45) is 0 Å². The van der Waals surface area contributed by atoms with Crippen molar-refractivity contribution in [2.75, 3.05) is 13.0 Å². The fourth-order valence-corrected chi connectivity index (χ4v) is 5.13. The van der Waals surface area contributed by atoms with E-state index in [-0.39, 0.29) is 21.5 Å². The van der Waals surface area contributed by atoms with Gasteiger partial charge in [0.25, 0.3) is 10.1 Å². The second-order valence-electron chi connectivity index (χ2n) is 4.46. The van der Waals surface area contributed by atoms with Crippen molar-refractivity contribution < 1.29 is 26.2 Å². The lowest BCUT2D eigenvalue weighted by atomic mass is 10.4. The summed E-state index contributed by atoms with van der Waals surface area (Å²) in [6.45, 7) is 4.99. The molecule has 0 heterocycles. The Hall–Kier alpha value is -0.140. The minimum Gasteiger partial charge on any atom is -0.307 e. The molecule has 1 aromatic carbocycles. The molecule has 0 spiro atoms. The maximum absolute atomic E-state index is 12.4. The molecule has 0 N–H and O–H groups in total. The molecule has 0 radical (unpaired) electrons. The molecule has 0 fully saturated rings. The highest BCUT2D eigenvalue weighted by Crippen LogP contribution is 2.49. The smallest absolute Gasteiger partial charge is 0.307 e. The summed E-state index contributed by atoms with van der Waals surface area (Å²) in [5.41, 5.74) is 0. The van der Waals surface area contributed by atoms with Crippen LogP contribution in [0.15, 0.2) is 23.1 Å². The van der Waals surface area contributed by atoms with E-state index in [0.717, 1.165) is 6.07 Å². The quantitative estimate of drug-likeness (QED) is 0.485. The van der Waals surface area contributed by atoms with Crippen LogP contribution < -0.4 is 0 Å². The third-order valence-electron chi connectivity index (χ3n) is 2.23. The SMILES string of the molecule is CCOP(=O)(COS(=O)(=O)c1cc(Cl)ccc1Cl)OC(C)C. The molecule has 1 aromatic rings. The maximum atomic E-state index is 12.4. The zero-order valence-electron chi connectivity index (χ0n) is 12.3. The second kappa shape index (κ2) is 8.11. The summed E-state index contributed by atoms with van der Waals surface area (Å²) in [5, 5.41) is 0.124. The molecular weight excluding hydrogens is 374 g/mol. The van der Waals surface area contributed by atoms with Gasteiger partial charge in [0.05, 0.1) is 17.7 Å². The van der Waals surface area contributed by atoms with E-state index >= 15 is 0 Å². The summed E-state index contributed by atoms with van der Waals surface area (Å²) in [6, 6.07) is 3.91. The molecular formula is C12H17Cl2O6PS. The minimum atomic E-state index is -4.25. The Bertz CT molecular complexity index is 662. The van der Waals surface area contributed by atoms with Crippen LogP contribution in [0.5, 0.6) is 0 Å². The average molecular weight is 391 g/mol. The van der Waals surface area contributed by atoms with Crippen LogP contribution in [-0.2, 0) is 27.9 Å². The van der Waals surface area contributed by atoms with Gasteiger partial charge in [-0.05, 0) is 39.0 Å². The number of halogens is 2. The van der Waals surface area contributed by atoms with Gasteiger partial charge in [-0.2, -0.15) is 8.42 Å². The fourth-order valence-electron chi connectivity index (χ4n) is 1.48. The Morgan fingerprint density at radius 1 is 1.27 bits per heavy atom. The summed E-state index contributed by atoms with van der Waals surface area (Å²) >= 11 is 11.6. The van der Waals surface area contributed by atoms with Gasteiger partial charge < -0.3 is 9.05 Å². The van der Waals surface area contributed by atoms with E-state index in [1.54, 1.807) is 20.8 Å². The van der Waals surface area contributed by atoms with Crippen LogP contribution in [-0.4, -0.2) is 27.5 Å². The van der Waals surface area contributed by atoms with Crippen LogP contribution >= 0.6 is 30.8 Å². The molecule has 1 atom stereocenters. The van der Waals surface area contributed by atoms with Crippen molar-refractivity contribution in [3.05, 3.63) is 28.2 Å². The zero-order chi connectivity index (χ0) is 17.0. The molecule has 0 aliphatic heterocycles. The van der Waals surface area contributed by atoms with E-state index in [9.17, 15) is 13.0 Å². The fraction of sp³-hybridized carbons (Fsp3) is 0.500. The van der Waals surface area contributed by atoms with Crippen molar-refractivity contribution in [1.82, 2.24) is 0 Å². The van der Waals surface area contributed by atoms with Gasteiger partial charge in [0.15, 0.2) is 6.35 Å². The number of rotatable bonds is 8. The van der Waals surface area contributed by atoms with Crippen LogP contribution in [0.1, 0.15) is 20.8 Å². The molecule has 0 aliphatic carbocycles. The van der Waals surface area contributed by atoms with Gasteiger partial charge in [-0.1, -0.05) is 23.2 Å².